The molecule has 0 radical (unpaired) electrons. The van der Waals surface area contributed by atoms with Crippen LogP contribution in [0.5, 0.6) is 0 Å². The molecular weight excluding hydrogens is 218 g/mol. The van der Waals surface area contributed by atoms with E-state index in [1.807, 2.05) is 31.7 Å². The molecule has 17 heavy (non-hydrogen) atoms. The highest BCUT2D eigenvalue weighted by Crippen LogP contribution is 2.16. The monoisotopic (exact) mass is 237 g/mol. The third-order valence-electron chi connectivity index (χ3n) is 2.71. The van der Waals surface area contributed by atoms with Crippen molar-refractivity contribution in [2.75, 3.05) is 11.4 Å². The number of aromatic nitrogens is 2. The number of rotatable bonds is 6. The van der Waals surface area contributed by atoms with Gasteiger partial charge in [-0.15, -0.1) is 0 Å². The zero-order valence-corrected chi connectivity index (χ0v) is 10.6. The molecule has 0 saturated heterocycles. The van der Waals surface area contributed by atoms with Crippen molar-refractivity contribution in [2.45, 2.75) is 39.7 Å². The predicted molar refractivity (Wildman–Crippen MR) is 66.1 cm³/mol. The van der Waals surface area contributed by atoms with Gasteiger partial charge in [-0.25, -0.2) is 9.97 Å². The normalized spacial score (nSPS) is 12.2. The molecule has 5 nitrogen and oxygen atoms in total. The minimum Gasteiger partial charge on any atom is -0.481 e. The Hall–Kier alpha value is -1.65. The maximum atomic E-state index is 10.7. The van der Waals surface area contributed by atoms with E-state index < -0.39 is 5.97 Å². The van der Waals surface area contributed by atoms with Crippen molar-refractivity contribution in [2.24, 2.45) is 0 Å². The van der Waals surface area contributed by atoms with Crippen molar-refractivity contribution in [1.29, 1.82) is 0 Å². The Balaban J connectivity index is 2.88. The third kappa shape index (κ3) is 3.69. The van der Waals surface area contributed by atoms with Gasteiger partial charge in [-0.05, 0) is 20.3 Å². The van der Waals surface area contributed by atoms with Crippen LogP contribution in [0.3, 0.4) is 0 Å². The van der Waals surface area contributed by atoms with Gasteiger partial charge in [-0.3, -0.25) is 4.79 Å². The summed E-state index contributed by atoms with van der Waals surface area (Å²) in [5.41, 5.74) is 0.968. The maximum Gasteiger partial charge on any atom is 0.305 e. The van der Waals surface area contributed by atoms with E-state index in [1.165, 1.54) is 6.33 Å². The van der Waals surface area contributed by atoms with Gasteiger partial charge < -0.3 is 10.0 Å². The topological polar surface area (TPSA) is 66.3 Å². The summed E-state index contributed by atoms with van der Waals surface area (Å²) in [5.74, 6) is 0.00817. The van der Waals surface area contributed by atoms with Crippen LogP contribution in [0.2, 0.25) is 0 Å². The van der Waals surface area contributed by atoms with E-state index >= 15 is 0 Å². The molecule has 1 aromatic heterocycles. The van der Waals surface area contributed by atoms with Crippen LogP contribution in [0.15, 0.2) is 12.4 Å². The number of anilines is 1. The molecule has 94 valence electrons. The van der Waals surface area contributed by atoms with Crippen LogP contribution >= 0.6 is 0 Å². The molecule has 0 aliphatic carbocycles. The minimum atomic E-state index is -0.791. The van der Waals surface area contributed by atoms with Gasteiger partial charge in [0.15, 0.2) is 0 Å². The van der Waals surface area contributed by atoms with E-state index in [0.29, 0.717) is 0 Å². The van der Waals surface area contributed by atoms with Crippen molar-refractivity contribution in [3.05, 3.63) is 18.1 Å². The molecule has 1 unspecified atom stereocenters. The Kier molecular flexibility index (Phi) is 4.87. The van der Waals surface area contributed by atoms with Gasteiger partial charge >= 0.3 is 5.97 Å². The molecule has 5 heteroatoms. The van der Waals surface area contributed by atoms with Crippen LogP contribution in [-0.2, 0) is 11.2 Å². The first-order chi connectivity index (χ1) is 8.08. The lowest BCUT2D eigenvalue weighted by molar-refractivity contribution is -0.137. The fourth-order valence-electron chi connectivity index (χ4n) is 1.80. The molecule has 1 N–H and O–H groups in total. The molecule has 0 fully saturated rings. The van der Waals surface area contributed by atoms with Gasteiger partial charge in [0.2, 0.25) is 0 Å². The quantitative estimate of drug-likeness (QED) is 0.816. The fraction of sp³-hybridized carbons (Fsp3) is 0.583. The highest BCUT2D eigenvalue weighted by molar-refractivity contribution is 5.68. The summed E-state index contributed by atoms with van der Waals surface area (Å²) in [5, 5.41) is 8.82. The number of nitrogens with zero attached hydrogens (tertiary/aromatic N) is 3. The third-order valence-corrected chi connectivity index (χ3v) is 2.71. The summed E-state index contributed by atoms with van der Waals surface area (Å²) >= 11 is 0. The zero-order chi connectivity index (χ0) is 12.8. The number of carboxylic acid groups (broad SMARTS) is 1. The second-order valence-corrected chi connectivity index (χ2v) is 3.95. The first-order valence-electron chi connectivity index (χ1n) is 5.87. The number of aryl methyl sites for hydroxylation is 1. The SMILES string of the molecule is CCc1cc(N(CC)C(C)CC(=O)O)ncn1. The Morgan fingerprint density at radius 1 is 1.47 bits per heavy atom. The van der Waals surface area contributed by atoms with Gasteiger partial charge in [-0.2, -0.15) is 0 Å². The fourth-order valence-corrected chi connectivity index (χ4v) is 1.80. The van der Waals surface area contributed by atoms with Crippen LogP contribution in [-0.4, -0.2) is 33.6 Å². The molecule has 0 aliphatic rings. The van der Waals surface area contributed by atoms with Gasteiger partial charge in [-0.1, -0.05) is 6.92 Å². The van der Waals surface area contributed by atoms with Crippen LogP contribution in [0.25, 0.3) is 0 Å². The van der Waals surface area contributed by atoms with E-state index in [1.54, 1.807) is 0 Å². The van der Waals surface area contributed by atoms with Crippen molar-refractivity contribution < 1.29 is 9.90 Å². The average molecular weight is 237 g/mol. The van der Waals surface area contributed by atoms with Crippen LogP contribution in [0, 0.1) is 0 Å². The second kappa shape index (κ2) is 6.18. The molecule has 1 heterocycles. The molecular formula is C12H19N3O2. The van der Waals surface area contributed by atoms with Crippen molar-refractivity contribution >= 4 is 11.8 Å². The van der Waals surface area contributed by atoms with E-state index in [-0.39, 0.29) is 12.5 Å². The highest BCUT2D eigenvalue weighted by Gasteiger charge is 2.17. The molecule has 0 aliphatic heterocycles. The molecule has 0 amide bonds. The zero-order valence-electron chi connectivity index (χ0n) is 10.6. The number of hydrogen-bond donors (Lipinski definition) is 1. The Morgan fingerprint density at radius 3 is 2.71 bits per heavy atom. The summed E-state index contributed by atoms with van der Waals surface area (Å²) in [6.45, 7) is 6.65. The average Bonchev–Trinajstić information content (AvgIpc) is 2.29. The molecule has 0 spiro atoms. The van der Waals surface area contributed by atoms with Crippen LogP contribution in [0.4, 0.5) is 5.82 Å². The van der Waals surface area contributed by atoms with Crippen LogP contribution < -0.4 is 4.90 Å². The molecule has 0 bridgehead atoms. The lowest BCUT2D eigenvalue weighted by atomic mass is 10.2. The van der Waals surface area contributed by atoms with Gasteiger partial charge in [0.25, 0.3) is 0 Å². The predicted octanol–water partition coefficient (Wildman–Crippen LogP) is 1.73. The molecule has 1 rings (SSSR count). The summed E-state index contributed by atoms with van der Waals surface area (Å²) in [4.78, 5) is 21.1. The maximum absolute atomic E-state index is 10.7. The summed E-state index contributed by atoms with van der Waals surface area (Å²) in [6.07, 6.45) is 2.49. The van der Waals surface area contributed by atoms with E-state index in [9.17, 15) is 4.79 Å². The van der Waals surface area contributed by atoms with Gasteiger partial charge in [0.05, 0.1) is 6.42 Å². The molecule has 1 atom stereocenters. The number of carbonyl (C=O) groups is 1. The minimum absolute atomic E-state index is 0.0721. The second-order valence-electron chi connectivity index (χ2n) is 3.95. The summed E-state index contributed by atoms with van der Waals surface area (Å²) in [6, 6.07) is 1.85. The number of hydrogen-bond acceptors (Lipinski definition) is 4. The molecule has 1 aromatic rings. The van der Waals surface area contributed by atoms with Crippen molar-refractivity contribution in [3.63, 3.8) is 0 Å². The van der Waals surface area contributed by atoms with Crippen molar-refractivity contribution in [3.8, 4) is 0 Å². The van der Waals surface area contributed by atoms with Gasteiger partial charge in [0.1, 0.15) is 12.1 Å². The molecule has 0 aromatic carbocycles. The van der Waals surface area contributed by atoms with Gasteiger partial charge in [0, 0.05) is 24.3 Å². The first kappa shape index (κ1) is 13.4. The Morgan fingerprint density at radius 2 is 2.18 bits per heavy atom. The summed E-state index contributed by atoms with van der Waals surface area (Å²) in [7, 11) is 0. The lowest BCUT2D eigenvalue weighted by Gasteiger charge is -2.28. The largest absolute Gasteiger partial charge is 0.481 e. The van der Waals surface area contributed by atoms with Crippen molar-refractivity contribution in [1.82, 2.24) is 9.97 Å². The highest BCUT2D eigenvalue weighted by atomic mass is 16.4. The number of aliphatic carboxylic acids is 1. The van der Waals surface area contributed by atoms with E-state index in [0.717, 1.165) is 24.5 Å². The standard InChI is InChI=1S/C12H19N3O2/c1-4-10-7-11(14-8-13-10)15(5-2)9(3)6-12(16)17/h7-9H,4-6H2,1-3H3,(H,16,17). The lowest BCUT2D eigenvalue weighted by Crippen LogP contribution is -2.35. The first-order valence-corrected chi connectivity index (χ1v) is 5.87. The summed E-state index contributed by atoms with van der Waals surface area (Å²) < 4.78 is 0. The Bertz CT molecular complexity index is 382. The smallest absolute Gasteiger partial charge is 0.305 e. The van der Waals surface area contributed by atoms with Crippen LogP contribution in [0.1, 0.15) is 32.9 Å². The number of carboxylic acids is 1. The molecule has 0 saturated carbocycles. The Labute approximate surface area is 102 Å². The van der Waals surface area contributed by atoms with E-state index in [4.69, 9.17) is 5.11 Å². The van der Waals surface area contributed by atoms with E-state index in [2.05, 4.69) is 9.97 Å².